The Kier molecular flexibility index (Phi) is 7.56. The van der Waals surface area contributed by atoms with Crippen molar-refractivity contribution in [1.29, 1.82) is 0 Å². The number of carbonyl (C=O) groups is 1. The minimum atomic E-state index is -0.272. The number of pyridine rings is 1. The van der Waals surface area contributed by atoms with Crippen LogP contribution in [0.3, 0.4) is 0 Å². The standard InChI is InChI=1S/C30H31N3O2/c1-5-18-35-25-16-14-23(15-17-25)21(4)32-33-30(34)27-19-29(31-28-9-7-6-8-26(27)28)24-12-10-22(11-13-24)20(2)3/h6-17,19-20H,5,18H2,1-4H3,(H,33,34). The lowest BCUT2D eigenvalue weighted by atomic mass is 9.99. The van der Waals surface area contributed by atoms with Gasteiger partial charge in [-0.15, -0.1) is 0 Å². The van der Waals surface area contributed by atoms with Gasteiger partial charge < -0.3 is 4.74 Å². The lowest BCUT2D eigenvalue weighted by Gasteiger charge is -2.11. The summed E-state index contributed by atoms with van der Waals surface area (Å²) < 4.78 is 5.64. The molecule has 4 aromatic rings. The molecule has 0 saturated carbocycles. The first kappa shape index (κ1) is 24.1. The molecule has 4 rings (SSSR count). The fourth-order valence-electron chi connectivity index (χ4n) is 3.82. The highest BCUT2D eigenvalue weighted by atomic mass is 16.5. The van der Waals surface area contributed by atoms with E-state index < -0.39 is 0 Å². The molecule has 0 bridgehead atoms. The Hall–Kier alpha value is -3.99. The number of benzene rings is 3. The molecule has 35 heavy (non-hydrogen) atoms. The number of ether oxygens (including phenoxy) is 1. The van der Waals surface area contributed by atoms with Crippen LogP contribution >= 0.6 is 0 Å². The maximum absolute atomic E-state index is 13.2. The normalized spacial score (nSPS) is 11.6. The first-order chi connectivity index (χ1) is 17.0. The molecule has 0 atom stereocenters. The van der Waals surface area contributed by atoms with E-state index in [4.69, 9.17) is 9.72 Å². The predicted molar refractivity (Wildman–Crippen MR) is 143 cm³/mol. The van der Waals surface area contributed by atoms with Crippen LogP contribution in [0.4, 0.5) is 0 Å². The molecule has 0 spiro atoms. The molecule has 0 aliphatic rings. The second kappa shape index (κ2) is 11.0. The van der Waals surface area contributed by atoms with E-state index in [0.717, 1.165) is 39.9 Å². The Labute approximate surface area is 206 Å². The number of aromatic nitrogens is 1. The Morgan fingerprint density at radius 3 is 2.40 bits per heavy atom. The van der Waals surface area contributed by atoms with Crippen LogP contribution in [-0.4, -0.2) is 23.2 Å². The van der Waals surface area contributed by atoms with Crippen LogP contribution in [0.2, 0.25) is 0 Å². The van der Waals surface area contributed by atoms with Gasteiger partial charge in [-0.25, -0.2) is 10.4 Å². The summed E-state index contributed by atoms with van der Waals surface area (Å²) in [7, 11) is 0. The van der Waals surface area contributed by atoms with Crippen LogP contribution in [-0.2, 0) is 0 Å². The Bertz CT molecular complexity index is 1340. The van der Waals surface area contributed by atoms with Crippen LogP contribution in [0.1, 0.15) is 61.5 Å². The van der Waals surface area contributed by atoms with Crippen molar-refractivity contribution in [3.8, 4) is 17.0 Å². The third-order valence-electron chi connectivity index (χ3n) is 5.90. The van der Waals surface area contributed by atoms with Crippen LogP contribution in [0, 0.1) is 0 Å². The zero-order chi connectivity index (χ0) is 24.8. The van der Waals surface area contributed by atoms with Crippen molar-refractivity contribution in [3.63, 3.8) is 0 Å². The van der Waals surface area contributed by atoms with Gasteiger partial charge in [0.05, 0.1) is 29.1 Å². The molecular formula is C30H31N3O2. The summed E-state index contributed by atoms with van der Waals surface area (Å²) in [6.07, 6.45) is 0.961. The molecular weight excluding hydrogens is 434 g/mol. The fourth-order valence-corrected chi connectivity index (χ4v) is 3.82. The molecule has 178 valence electrons. The number of nitrogens with one attached hydrogen (secondary N) is 1. The summed E-state index contributed by atoms with van der Waals surface area (Å²) in [5, 5.41) is 5.15. The molecule has 0 fully saturated rings. The highest BCUT2D eigenvalue weighted by Crippen LogP contribution is 2.26. The Morgan fingerprint density at radius 1 is 1.00 bits per heavy atom. The molecule has 1 aromatic heterocycles. The van der Waals surface area contributed by atoms with E-state index in [1.165, 1.54) is 5.56 Å². The Morgan fingerprint density at radius 2 is 1.71 bits per heavy atom. The number of hydrazone groups is 1. The average Bonchev–Trinajstić information content (AvgIpc) is 2.90. The summed E-state index contributed by atoms with van der Waals surface area (Å²) in [4.78, 5) is 18.0. The van der Waals surface area contributed by atoms with Gasteiger partial charge in [-0.2, -0.15) is 5.10 Å². The molecule has 0 aliphatic heterocycles. The smallest absolute Gasteiger partial charge is 0.272 e. The zero-order valence-corrected chi connectivity index (χ0v) is 20.7. The van der Waals surface area contributed by atoms with Gasteiger partial charge in [0, 0.05) is 10.9 Å². The molecule has 5 heteroatoms. The number of hydrogen-bond donors (Lipinski definition) is 1. The minimum Gasteiger partial charge on any atom is -0.494 e. The summed E-state index contributed by atoms with van der Waals surface area (Å²) in [5.41, 5.74) is 8.66. The highest BCUT2D eigenvalue weighted by Gasteiger charge is 2.14. The minimum absolute atomic E-state index is 0.272. The molecule has 0 aliphatic carbocycles. The number of carbonyl (C=O) groups excluding carboxylic acids is 1. The van der Waals surface area contributed by atoms with Gasteiger partial charge >= 0.3 is 0 Å². The van der Waals surface area contributed by atoms with Crippen molar-refractivity contribution < 1.29 is 9.53 Å². The van der Waals surface area contributed by atoms with Gasteiger partial charge in [0.25, 0.3) is 5.91 Å². The molecule has 5 nitrogen and oxygen atoms in total. The Balaban J connectivity index is 1.60. The van der Waals surface area contributed by atoms with Gasteiger partial charge in [-0.05, 0) is 66.8 Å². The lowest BCUT2D eigenvalue weighted by molar-refractivity contribution is 0.0956. The van der Waals surface area contributed by atoms with Crippen molar-refractivity contribution in [2.45, 2.75) is 40.0 Å². The molecule has 0 saturated heterocycles. The first-order valence-corrected chi connectivity index (χ1v) is 12.0. The van der Waals surface area contributed by atoms with Gasteiger partial charge in [0.2, 0.25) is 0 Å². The summed E-state index contributed by atoms with van der Waals surface area (Å²) >= 11 is 0. The molecule has 1 heterocycles. The van der Waals surface area contributed by atoms with E-state index in [9.17, 15) is 4.79 Å². The van der Waals surface area contributed by atoms with Crippen molar-refractivity contribution >= 4 is 22.5 Å². The fraction of sp³-hybridized carbons (Fsp3) is 0.233. The monoisotopic (exact) mass is 465 g/mol. The predicted octanol–water partition coefficient (Wildman–Crippen LogP) is 6.97. The van der Waals surface area contributed by atoms with Crippen molar-refractivity contribution in [2.24, 2.45) is 5.10 Å². The molecule has 1 amide bonds. The van der Waals surface area contributed by atoms with E-state index in [0.29, 0.717) is 23.8 Å². The summed E-state index contributed by atoms with van der Waals surface area (Å²) in [6, 6.07) is 25.6. The van der Waals surface area contributed by atoms with Crippen LogP contribution in [0.15, 0.2) is 84.0 Å². The first-order valence-electron chi connectivity index (χ1n) is 12.0. The molecule has 0 radical (unpaired) electrons. The van der Waals surface area contributed by atoms with E-state index in [1.807, 2.05) is 61.5 Å². The number of rotatable bonds is 8. The maximum Gasteiger partial charge on any atom is 0.272 e. The van der Waals surface area contributed by atoms with E-state index in [1.54, 1.807) is 0 Å². The quantitative estimate of drug-likeness (QED) is 0.226. The number of fused-ring (bicyclic) bond motifs is 1. The number of nitrogens with zero attached hydrogens (tertiary/aromatic N) is 2. The summed E-state index contributed by atoms with van der Waals surface area (Å²) in [5.74, 6) is 1.01. The van der Waals surface area contributed by atoms with E-state index in [2.05, 4.69) is 55.6 Å². The number of para-hydroxylation sites is 1. The number of hydrogen-bond acceptors (Lipinski definition) is 4. The maximum atomic E-state index is 13.2. The molecule has 0 unspecified atom stereocenters. The van der Waals surface area contributed by atoms with E-state index >= 15 is 0 Å². The topological polar surface area (TPSA) is 63.6 Å². The van der Waals surface area contributed by atoms with Crippen molar-refractivity contribution in [2.75, 3.05) is 6.61 Å². The van der Waals surface area contributed by atoms with Crippen molar-refractivity contribution in [3.05, 3.63) is 95.6 Å². The van der Waals surface area contributed by atoms with Crippen molar-refractivity contribution in [1.82, 2.24) is 10.4 Å². The SMILES string of the molecule is CCCOc1ccc(C(C)=NNC(=O)c2cc(-c3ccc(C(C)C)cc3)nc3ccccc23)cc1. The van der Waals surface area contributed by atoms with Gasteiger partial charge in [-0.3, -0.25) is 4.79 Å². The average molecular weight is 466 g/mol. The van der Waals surface area contributed by atoms with Gasteiger partial charge in [0.1, 0.15) is 5.75 Å². The van der Waals surface area contributed by atoms with Crippen LogP contribution < -0.4 is 10.2 Å². The number of amides is 1. The van der Waals surface area contributed by atoms with Gasteiger partial charge in [0.15, 0.2) is 0 Å². The zero-order valence-electron chi connectivity index (χ0n) is 20.7. The third-order valence-corrected chi connectivity index (χ3v) is 5.90. The van der Waals surface area contributed by atoms with Crippen LogP contribution in [0.5, 0.6) is 5.75 Å². The molecule has 3 aromatic carbocycles. The lowest BCUT2D eigenvalue weighted by Crippen LogP contribution is -2.20. The van der Waals surface area contributed by atoms with Crippen LogP contribution in [0.25, 0.3) is 22.2 Å². The highest BCUT2D eigenvalue weighted by molar-refractivity contribution is 6.08. The van der Waals surface area contributed by atoms with Gasteiger partial charge in [-0.1, -0.05) is 63.2 Å². The second-order valence-electron chi connectivity index (χ2n) is 8.86. The van der Waals surface area contributed by atoms with E-state index in [-0.39, 0.29) is 5.91 Å². The largest absolute Gasteiger partial charge is 0.494 e. The third kappa shape index (κ3) is 5.75. The molecule has 1 N–H and O–H groups in total. The summed E-state index contributed by atoms with van der Waals surface area (Å²) in [6.45, 7) is 8.97. The second-order valence-corrected chi connectivity index (χ2v) is 8.86.